The van der Waals surface area contributed by atoms with Crippen LogP contribution in [0.15, 0.2) is 23.2 Å². The highest BCUT2D eigenvalue weighted by Crippen LogP contribution is 2.26. The van der Waals surface area contributed by atoms with Crippen molar-refractivity contribution in [2.75, 3.05) is 50.7 Å². The summed E-state index contributed by atoms with van der Waals surface area (Å²) in [6, 6.07) is 3.56. The highest BCUT2D eigenvalue weighted by Gasteiger charge is 2.24. The molecule has 0 atom stereocenters. The lowest BCUT2D eigenvalue weighted by Crippen LogP contribution is -2.52. The molecule has 1 aromatic rings. The van der Waals surface area contributed by atoms with Crippen LogP contribution >= 0.6 is 0 Å². The fraction of sp³-hybridized carbons (Fsp3) is 0.619. The lowest BCUT2D eigenvalue weighted by atomic mass is 9.85. The Morgan fingerprint density at radius 1 is 1.17 bits per heavy atom. The molecule has 0 spiro atoms. The van der Waals surface area contributed by atoms with Crippen LogP contribution in [-0.2, 0) is 4.79 Å². The van der Waals surface area contributed by atoms with Crippen LogP contribution in [0.1, 0.15) is 32.6 Å². The van der Waals surface area contributed by atoms with Crippen LogP contribution in [0, 0.1) is 17.6 Å². The molecule has 3 rings (SSSR count). The van der Waals surface area contributed by atoms with Gasteiger partial charge in [-0.05, 0) is 38.3 Å². The number of nitrogens with one attached hydrogen (secondary N) is 2. The van der Waals surface area contributed by atoms with Crippen molar-refractivity contribution in [3.05, 3.63) is 29.8 Å². The molecule has 8 heteroatoms. The number of carbonyl (C=O) groups excluding carboxylic acids is 1. The van der Waals surface area contributed by atoms with Gasteiger partial charge in [0.1, 0.15) is 11.6 Å². The van der Waals surface area contributed by atoms with Gasteiger partial charge in [-0.2, -0.15) is 0 Å². The molecule has 2 N–H and O–H groups in total. The smallest absolute Gasteiger partial charge is 0.223 e. The van der Waals surface area contributed by atoms with Crippen LogP contribution in [0.4, 0.5) is 14.5 Å². The number of halogens is 2. The van der Waals surface area contributed by atoms with E-state index in [0.29, 0.717) is 45.0 Å². The van der Waals surface area contributed by atoms with E-state index in [9.17, 15) is 13.6 Å². The highest BCUT2D eigenvalue weighted by atomic mass is 19.1. The Bertz CT molecular complexity index is 715. The van der Waals surface area contributed by atoms with Crippen LogP contribution in [0.25, 0.3) is 0 Å². The lowest BCUT2D eigenvalue weighted by Gasteiger charge is -2.37. The number of guanidine groups is 1. The molecule has 0 unspecified atom stereocenters. The minimum atomic E-state index is -0.428. The SMILES string of the molecule is CCNC(=NCCCNC(=O)C1CCC1)N1CCN(c2cc(F)ccc2F)CC1. The molecule has 0 bridgehead atoms. The van der Waals surface area contributed by atoms with Crippen LogP contribution in [-0.4, -0.2) is 62.6 Å². The van der Waals surface area contributed by atoms with E-state index in [1.54, 1.807) is 0 Å². The normalized spacial score (nSPS) is 17.8. The predicted octanol–water partition coefficient (Wildman–Crippen LogP) is 2.36. The first-order valence-electron chi connectivity index (χ1n) is 10.6. The number of piperazine rings is 1. The first-order chi connectivity index (χ1) is 14.1. The molecule has 160 valence electrons. The van der Waals surface area contributed by atoms with E-state index in [2.05, 4.69) is 20.5 Å². The van der Waals surface area contributed by atoms with E-state index in [1.807, 2.05) is 11.8 Å². The maximum absolute atomic E-state index is 14.0. The number of hydrogen-bond acceptors (Lipinski definition) is 3. The number of rotatable bonds is 7. The summed E-state index contributed by atoms with van der Waals surface area (Å²) in [5.41, 5.74) is 0.314. The van der Waals surface area contributed by atoms with Crippen molar-refractivity contribution in [1.29, 1.82) is 0 Å². The summed E-state index contributed by atoms with van der Waals surface area (Å²) < 4.78 is 27.5. The highest BCUT2D eigenvalue weighted by molar-refractivity contribution is 5.80. The van der Waals surface area contributed by atoms with E-state index in [-0.39, 0.29) is 11.8 Å². The van der Waals surface area contributed by atoms with Gasteiger partial charge in [-0.15, -0.1) is 0 Å². The monoisotopic (exact) mass is 407 g/mol. The number of benzene rings is 1. The Balaban J connectivity index is 1.46. The fourth-order valence-electron chi connectivity index (χ4n) is 3.60. The van der Waals surface area contributed by atoms with Crippen molar-refractivity contribution in [2.45, 2.75) is 32.6 Å². The van der Waals surface area contributed by atoms with Crippen LogP contribution in [0.2, 0.25) is 0 Å². The second-order valence-electron chi connectivity index (χ2n) is 7.58. The number of anilines is 1. The molecule has 0 aromatic heterocycles. The van der Waals surface area contributed by atoms with Crippen molar-refractivity contribution in [3.8, 4) is 0 Å². The minimum Gasteiger partial charge on any atom is -0.366 e. The molecule has 1 saturated carbocycles. The third-order valence-corrected chi connectivity index (χ3v) is 5.53. The third kappa shape index (κ3) is 5.81. The molecule has 1 amide bonds. The number of nitrogens with zero attached hydrogens (tertiary/aromatic N) is 3. The number of carbonyl (C=O) groups is 1. The van der Waals surface area contributed by atoms with Crippen molar-refractivity contribution in [2.24, 2.45) is 10.9 Å². The van der Waals surface area contributed by atoms with Gasteiger partial charge in [0.2, 0.25) is 5.91 Å². The first-order valence-corrected chi connectivity index (χ1v) is 10.6. The van der Waals surface area contributed by atoms with Gasteiger partial charge in [0.25, 0.3) is 0 Å². The zero-order chi connectivity index (χ0) is 20.6. The number of aliphatic imine (C=N–C) groups is 1. The summed E-state index contributed by atoms with van der Waals surface area (Å²) >= 11 is 0. The number of hydrogen-bond donors (Lipinski definition) is 2. The standard InChI is InChI=1S/C21H31F2N5O/c1-2-24-21(26-10-4-9-25-20(29)16-5-3-6-16)28-13-11-27(12-14-28)19-15-17(22)7-8-18(19)23/h7-8,15-16H,2-6,9-14H2,1H3,(H,24,26)(H,25,29). The average Bonchev–Trinajstić information content (AvgIpc) is 2.67. The van der Waals surface area contributed by atoms with E-state index < -0.39 is 11.6 Å². The molecule has 29 heavy (non-hydrogen) atoms. The molecule has 1 saturated heterocycles. The second-order valence-corrected chi connectivity index (χ2v) is 7.58. The summed E-state index contributed by atoms with van der Waals surface area (Å²) in [6.07, 6.45) is 3.98. The topological polar surface area (TPSA) is 60.0 Å². The Morgan fingerprint density at radius 3 is 2.59 bits per heavy atom. The molecule has 1 aromatic carbocycles. The molecule has 1 aliphatic heterocycles. The van der Waals surface area contributed by atoms with Gasteiger partial charge in [0.15, 0.2) is 5.96 Å². The summed E-state index contributed by atoms with van der Waals surface area (Å²) in [5.74, 6) is 0.396. The van der Waals surface area contributed by atoms with Crippen LogP contribution in [0.5, 0.6) is 0 Å². The average molecular weight is 408 g/mol. The Hall–Kier alpha value is -2.38. The zero-order valence-corrected chi connectivity index (χ0v) is 17.1. The Labute approximate surface area is 171 Å². The molecule has 6 nitrogen and oxygen atoms in total. The van der Waals surface area contributed by atoms with Crippen LogP contribution < -0.4 is 15.5 Å². The van der Waals surface area contributed by atoms with Gasteiger partial charge in [-0.25, -0.2) is 8.78 Å². The maximum Gasteiger partial charge on any atom is 0.223 e. The van der Waals surface area contributed by atoms with Crippen molar-refractivity contribution < 1.29 is 13.6 Å². The predicted molar refractivity (Wildman–Crippen MR) is 111 cm³/mol. The molecular weight excluding hydrogens is 376 g/mol. The first kappa shape index (κ1) is 21.3. The Morgan fingerprint density at radius 2 is 1.93 bits per heavy atom. The van der Waals surface area contributed by atoms with E-state index in [1.165, 1.54) is 12.1 Å². The van der Waals surface area contributed by atoms with E-state index >= 15 is 0 Å². The summed E-state index contributed by atoms with van der Waals surface area (Å²) in [6.45, 7) is 6.62. The molecular formula is C21H31F2N5O. The quantitative estimate of drug-likeness (QED) is 0.414. The maximum atomic E-state index is 14.0. The summed E-state index contributed by atoms with van der Waals surface area (Å²) in [5, 5.41) is 6.29. The number of amides is 1. The van der Waals surface area contributed by atoms with Crippen LogP contribution in [0.3, 0.4) is 0 Å². The third-order valence-electron chi connectivity index (χ3n) is 5.53. The minimum absolute atomic E-state index is 0.174. The van der Waals surface area contributed by atoms with Crippen molar-refractivity contribution in [1.82, 2.24) is 15.5 Å². The Kier molecular flexibility index (Phi) is 7.66. The summed E-state index contributed by atoms with van der Waals surface area (Å²) in [7, 11) is 0. The van der Waals surface area contributed by atoms with E-state index in [4.69, 9.17) is 0 Å². The fourth-order valence-corrected chi connectivity index (χ4v) is 3.60. The van der Waals surface area contributed by atoms with E-state index in [0.717, 1.165) is 44.3 Å². The van der Waals surface area contributed by atoms with Gasteiger partial charge in [0.05, 0.1) is 5.69 Å². The van der Waals surface area contributed by atoms with Crippen molar-refractivity contribution >= 4 is 17.6 Å². The zero-order valence-electron chi connectivity index (χ0n) is 17.1. The second kappa shape index (κ2) is 10.4. The largest absolute Gasteiger partial charge is 0.366 e. The summed E-state index contributed by atoms with van der Waals surface area (Å²) in [4.78, 5) is 20.5. The van der Waals surface area contributed by atoms with Gasteiger partial charge >= 0.3 is 0 Å². The van der Waals surface area contributed by atoms with Gasteiger partial charge < -0.3 is 20.4 Å². The van der Waals surface area contributed by atoms with Crippen molar-refractivity contribution in [3.63, 3.8) is 0 Å². The molecule has 2 fully saturated rings. The van der Waals surface area contributed by atoms with Gasteiger partial charge in [-0.3, -0.25) is 9.79 Å². The van der Waals surface area contributed by atoms with Gasteiger partial charge in [-0.1, -0.05) is 6.42 Å². The van der Waals surface area contributed by atoms with Gasteiger partial charge in [0, 0.05) is 57.8 Å². The lowest BCUT2D eigenvalue weighted by molar-refractivity contribution is -0.127. The molecule has 2 aliphatic rings. The molecule has 1 heterocycles. The molecule has 0 radical (unpaired) electrons. The molecule has 1 aliphatic carbocycles.